The van der Waals surface area contributed by atoms with E-state index in [0.717, 1.165) is 0 Å². The molecule has 5 heteroatoms. The summed E-state index contributed by atoms with van der Waals surface area (Å²) in [5.74, 6) is 0. The van der Waals surface area contributed by atoms with Gasteiger partial charge < -0.3 is 25.5 Å². The number of rotatable bonds is 2. The van der Waals surface area contributed by atoms with E-state index in [4.69, 9.17) is 0 Å². The Kier molecular flexibility index (Phi) is 3.88. The maximum absolute atomic E-state index is 9.60. The van der Waals surface area contributed by atoms with Crippen LogP contribution in [-0.2, 0) is 0 Å². The molecule has 1 aliphatic carbocycles. The largest absolute Gasteiger partial charge is 0.387 e. The van der Waals surface area contributed by atoms with E-state index < -0.39 is 30.0 Å². The Bertz CT molecular complexity index is 302. The van der Waals surface area contributed by atoms with Crippen molar-refractivity contribution in [2.75, 3.05) is 0 Å². The SMILES string of the molecule is CC(C)(O)C=CC1=C[C@@H](O)[C@@H](O)[C@@H](O)[C@H]1O. The van der Waals surface area contributed by atoms with Crippen molar-refractivity contribution in [3.63, 3.8) is 0 Å². The van der Waals surface area contributed by atoms with E-state index in [0.29, 0.717) is 0 Å². The van der Waals surface area contributed by atoms with Gasteiger partial charge in [-0.2, -0.15) is 0 Å². The Morgan fingerprint density at radius 1 is 1.12 bits per heavy atom. The molecule has 5 nitrogen and oxygen atoms in total. The summed E-state index contributed by atoms with van der Waals surface area (Å²) in [6.07, 6.45) is -1.21. The first-order valence-corrected chi connectivity index (χ1v) is 5.08. The molecule has 0 saturated heterocycles. The van der Waals surface area contributed by atoms with Gasteiger partial charge in [0.2, 0.25) is 0 Å². The van der Waals surface area contributed by atoms with Gasteiger partial charge in [0.1, 0.15) is 24.4 Å². The maximum atomic E-state index is 9.60. The first kappa shape index (κ1) is 13.3. The zero-order chi connectivity index (χ0) is 12.5. The Labute approximate surface area is 94.0 Å². The fraction of sp³-hybridized carbons (Fsp3) is 0.636. The van der Waals surface area contributed by atoms with Gasteiger partial charge in [-0.25, -0.2) is 0 Å². The molecule has 0 radical (unpaired) electrons. The van der Waals surface area contributed by atoms with Gasteiger partial charge in [-0.3, -0.25) is 0 Å². The van der Waals surface area contributed by atoms with E-state index in [2.05, 4.69) is 0 Å². The minimum absolute atomic E-state index is 0.271. The van der Waals surface area contributed by atoms with Crippen molar-refractivity contribution in [1.82, 2.24) is 0 Å². The van der Waals surface area contributed by atoms with Crippen molar-refractivity contribution >= 4 is 0 Å². The minimum Gasteiger partial charge on any atom is -0.387 e. The molecule has 0 aromatic heterocycles. The van der Waals surface area contributed by atoms with E-state index in [-0.39, 0.29) is 5.57 Å². The van der Waals surface area contributed by atoms with E-state index in [1.165, 1.54) is 18.2 Å². The number of hydrogen-bond acceptors (Lipinski definition) is 5. The maximum Gasteiger partial charge on any atom is 0.113 e. The third kappa shape index (κ3) is 3.13. The fourth-order valence-corrected chi connectivity index (χ4v) is 1.43. The molecule has 0 unspecified atom stereocenters. The summed E-state index contributed by atoms with van der Waals surface area (Å²) < 4.78 is 0. The summed E-state index contributed by atoms with van der Waals surface area (Å²) in [5, 5.41) is 47.1. The normalized spacial score (nSPS) is 36.6. The second-order valence-electron chi connectivity index (χ2n) is 4.57. The molecule has 5 N–H and O–H groups in total. The molecule has 0 amide bonds. The quantitative estimate of drug-likeness (QED) is 0.406. The van der Waals surface area contributed by atoms with E-state index in [1.807, 2.05) is 0 Å². The molecule has 1 rings (SSSR count). The zero-order valence-electron chi connectivity index (χ0n) is 9.28. The second-order valence-corrected chi connectivity index (χ2v) is 4.57. The molecule has 0 bridgehead atoms. The standard InChI is InChI=1S/C11H18O5/c1-11(2,16)4-3-6-5-7(12)9(14)10(15)8(6)13/h3-5,7-10,12-16H,1-2H3/t7-,8+,9-,10+/m1/s1. The van der Waals surface area contributed by atoms with Gasteiger partial charge in [0.25, 0.3) is 0 Å². The van der Waals surface area contributed by atoms with Crippen LogP contribution in [0.25, 0.3) is 0 Å². The van der Waals surface area contributed by atoms with Gasteiger partial charge in [-0.05, 0) is 25.5 Å². The predicted molar refractivity (Wildman–Crippen MR) is 57.5 cm³/mol. The highest BCUT2D eigenvalue weighted by Gasteiger charge is 2.35. The van der Waals surface area contributed by atoms with E-state index in [1.54, 1.807) is 13.8 Å². The smallest absolute Gasteiger partial charge is 0.113 e. The summed E-state index contributed by atoms with van der Waals surface area (Å²) in [6, 6.07) is 0. The van der Waals surface area contributed by atoms with Crippen LogP contribution in [0.2, 0.25) is 0 Å². The number of aliphatic hydroxyl groups excluding tert-OH is 4. The van der Waals surface area contributed by atoms with Gasteiger partial charge in [0, 0.05) is 0 Å². The Morgan fingerprint density at radius 2 is 1.69 bits per heavy atom. The molecule has 16 heavy (non-hydrogen) atoms. The topological polar surface area (TPSA) is 101 Å². The summed E-state index contributed by atoms with van der Waals surface area (Å²) >= 11 is 0. The summed E-state index contributed by atoms with van der Waals surface area (Å²) in [4.78, 5) is 0. The third-order valence-corrected chi connectivity index (χ3v) is 2.41. The van der Waals surface area contributed by atoms with Gasteiger partial charge >= 0.3 is 0 Å². The highest BCUT2D eigenvalue weighted by atomic mass is 16.4. The van der Waals surface area contributed by atoms with Gasteiger partial charge in [0.05, 0.1) is 5.60 Å². The molecule has 4 atom stereocenters. The second kappa shape index (κ2) is 4.65. The van der Waals surface area contributed by atoms with Crippen LogP contribution >= 0.6 is 0 Å². The first-order chi connectivity index (χ1) is 7.22. The Morgan fingerprint density at radius 3 is 2.19 bits per heavy atom. The van der Waals surface area contributed by atoms with Gasteiger partial charge in [-0.15, -0.1) is 0 Å². The van der Waals surface area contributed by atoms with Crippen LogP contribution in [0.4, 0.5) is 0 Å². The molecule has 0 aromatic carbocycles. The lowest BCUT2D eigenvalue weighted by atomic mass is 9.88. The molecule has 0 aliphatic heterocycles. The van der Waals surface area contributed by atoms with Crippen LogP contribution < -0.4 is 0 Å². The lowest BCUT2D eigenvalue weighted by Gasteiger charge is -2.31. The van der Waals surface area contributed by atoms with Crippen molar-refractivity contribution in [1.29, 1.82) is 0 Å². The summed E-state index contributed by atoms with van der Waals surface area (Å²) in [7, 11) is 0. The molecular formula is C11H18O5. The van der Waals surface area contributed by atoms with E-state index in [9.17, 15) is 25.5 Å². The fourth-order valence-electron chi connectivity index (χ4n) is 1.43. The molecule has 0 heterocycles. The van der Waals surface area contributed by atoms with Crippen molar-refractivity contribution < 1.29 is 25.5 Å². The van der Waals surface area contributed by atoms with Gasteiger partial charge in [0.15, 0.2) is 0 Å². The van der Waals surface area contributed by atoms with Crippen LogP contribution in [0, 0.1) is 0 Å². The predicted octanol–water partition coefficient (Wildman–Crippen LogP) is -1.30. The zero-order valence-corrected chi connectivity index (χ0v) is 9.28. The molecule has 0 spiro atoms. The first-order valence-electron chi connectivity index (χ1n) is 5.08. The van der Waals surface area contributed by atoms with Crippen molar-refractivity contribution in [2.45, 2.75) is 43.9 Å². The third-order valence-electron chi connectivity index (χ3n) is 2.41. The molecule has 0 aromatic rings. The van der Waals surface area contributed by atoms with Crippen molar-refractivity contribution in [2.24, 2.45) is 0 Å². The van der Waals surface area contributed by atoms with E-state index >= 15 is 0 Å². The molecule has 0 saturated carbocycles. The lowest BCUT2D eigenvalue weighted by molar-refractivity contribution is -0.0913. The highest BCUT2D eigenvalue weighted by Crippen LogP contribution is 2.22. The van der Waals surface area contributed by atoms with Crippen LogP contribution in [0.5, 0.6) is 0 Å². The van der Waals surface area contributed by atoms with Gasteiger partial charge in [-0.1, -0.05) is 12.2 Å². The van der Waals surface area contributed by atoms with Crippen LogP contribution in [0.1, 0.15) is 13.8 Å². The van der Waals surface area contributed by atoms with Crippen LogP contribution in [0.15, 0.2) is 23.8 Å². The molecule has 92 valence electrons. The number of aliphatic hydroxyl groups is 5. The van der Waals surface area contributed by atoms with Crippen LogP contribution in [-0.4, -0.2) is 55.5 Å². The van der Waals surface area contributed by atoms with Crippen LogP contribution in [0.3, 0.4) is 0 Å². The molecule has 1 aliphatic rings. The Balaban J connectivity index is 2.88. The highest BCUT2D eigenvalue weighted by molar-refractivity contribution is 5.30. The molecule has 0 fully saturated rings. The monoisotopic (exact) mass is 230 g/mol. The Hall–Kier alpha value is -0.720. The van der Waals surface area contributed by atoms with Crippen molar-refractivity contribution in [3.05, 3.63) is 23.8 Å². The lowest BCUT2D eigenvalue weighted by Crippen LogP contribution is -2.48. The van der Waals surface area contributed by atoms with Crippen molar-refractivity contribution in [3.8, 4) is 0 Å². The summed E-state index contributed by atoms with van der Waals surface area (Å²) in [6.45, 7) is 3.11. The average molecular weight is 230 g/mol. The minimum atomic E-state index is -1.43. The average Bonchev–Trinajstić information content (AvgIpc) is 2.17. The molecular weight excluding hydrogens is 212 g/mol. The number of hydrogen-bond donors (Lipinski definition) is 5. The summed E-state index contributed by atoms with van der Waals surface area (Å²) in [5.41, 5.74) is -0.778.